The number of hydrazone groups is 1. The summed E-state index contributed by atoms with van der Waals surface area (Å²) in [5.41, 5.74) is 7.35. The molecule has 1 fully saturated rings. The summed E-state index contributed by atoms with van der Waals surface area (Å²) >= 11 is 0. The van der Waals surface area contributed by atoms with Crippen LogP contribution in [0.2, 0.25) is 0 Å². The average molecular weight is 318 g/mol. The second-order valence-electron chi connectivity index (χ2n) is 6.08. The number of aliphatic hydroxyl groups is 3. The number of hydrogen-bond donors (Lipinski definition) is 4. The largest absolute Gasteiger partial charge is 0.396 e. The van der Waals surface area contributed by atoms with E-state index in [0.29, 0.717) is 29.3 Å². The number of nitrogens with two attached hydrogens (primary N) is 1. The molecule has 0 spiro atoms. The zero-order valence-electron chi connectivity index (χ0n) is 12.5. The van der Waals surface area contributed by atoms with Crippen molar-refractivity contribution in [3.05, 3.63) is 18.1 Å². The molecule has 0 aromatic carbocycles. The van der Waals surface area contributed by atoms with E-state index in [4.69, 9.17) is 5.73 Å². The summed E-state index contributed by atoms with van der Waals surface area (Å²) in [6, 6.07) is -0.391. The molecule has 23 heavy (non-hydrogen) atoms. The molecule has 2 aromatic rings. The summed E-state index contributed by atoms with van der Waals surface area (Å²) in [4.78, 5) is 8.57. The molecule has 4 atom stereocenters. The monoisotopic (exact) mass is 318 g/mol. The average Bonchev–Trinajstić information content (AvgIpc) is 3.05. The van der Waals surface area contributed by atoms with Gasteiger partial charge in [-0.1, -0.05) is 0 Å². The zero-order valence-corrected chi connectivity index (χ0v) is 12.5. The van der Waals surface area contributed by atoms with Gasteiger partial charge in [0.15, 0.2) is 11.7 Å². The first kappa shape index (κ1) is 14.4. The Kier molecular flexibility index (Phi) is 3.05. The van der Waals surface area contributed by atoms with E-state index < -0.39 is 18.2 Å². The Balaban J connectivity index is 1.89. The minimum Gasteiger partial charge on any atom is -0.396 e. The van der Waals surface area contributed by atoms with Crippen molar-refractivity contribution in [3.63, 3.8) is 0 Å². The highest BCUT2D eigenvalue weighted by molar-refractivity contribution is 6.13. The predicted molar refractivity (Wildman–Crippen MR) is 82.9 cm³/mol. The van der Waals surface area contributed by atoms with Crippen LogP contribution >= 0.6 is 0 Å². The number of aliphatic hydroxyl groups excluding tert-OH is 3. The SMILES string of the molecule is CN1N=C(N)c2cn([C@@H]3C[C@H](CO)[C@@H](O)[C@H]3O)c3ncnc1c23. The Morgan fingerprint density at radius 1 is 1.30 bits per heavy atom. The first-order valence-corrected chi connectivity index (χ1v) is 7.43. The molecule has 9 heteroatoms. The molecule has 122 valence electrons. The summed E-state index contributed by atoms with van der Waals surface area (Å²) < 4.78 is 1.81. The molecule has 0 saturated heterocycles. The molecule has 2 aliphatic rings. The van der Waals surface area contributed by atoms with E-state index in [9.17, 15) is 15.3 Å². The van der Waals surface area contributed by atoms with Gasteiger partial charge in [-0.3, -0.25) is 0 Å². The number of rotatable bonds is 2. The van der Waals surface area contributed by atoms with Crippen molar-refractivity contribution in [2.24, 2.45) is 16.8 Å². The molecule has 5 N–H and O–H groups in total. The van der Waals surface area contributed by atoms with Crippen molar-refractivity contribution in [3.8, 4) is 0 Å². The predicted octanol–water partition coefficient (Wildman–Crippen LogP) is -1.22. The Hall–Kier alpha value is -2.23. The van der Waals surface area contributed by atoms with Gasteiger partial charge in [0.25, 0.3) is 0 Å². The Bertz CT molecular complexity index is 803. The molecular formula is C14H18N6O3. The summed E-state index contributed by atoms with van der Waals surface area (Å²) in [6.45, 7) is -0.173. The lowest BCUT2D eigenvalue weighted by Crippen LogP contribution is -2.30. The quantitative estimate of drug-likeness (QED) is 0.545. The van der Waals surface area contributed by atoms with Crippen molar-refractivity contribution in [2.45, 2.75) is 24.7 Å². The van der Waals surface area contributed by atoms with E-state index in [0.717, 1.165) is 5.39 Å². The molecule has 9 nitrogen and oxygen atoms in total. The minimum absolute atomic E-state index is 0.173. The minimum atomic E-state index is -0.981. The van der Waals surface area contributed by atoms with Gasteiger partial charge in [0.2, 0.25) is 0 Å². The summed E-state index contributed by atoms with van der Waals surface area (Å²) in [6.07, 6.45) is 1.73. The number of anilines is 1. The van der Waals surface area contributed by atoms with E-state index in [1.54, 1.807) is 22.8 Å². The fourth-order valence-corrected chi connectivity index (χ4v) is 3.58. The van der Waals surface area contributed by atoms with Crippen LogP contribution in [0.3, 0.4) is 0 Å². The van der Waals surface area contributed by atoms with Crippen molar-refractivity contribution < 1.29 is 15.3 Å². The molecule has 1 saturated carbocycles. The molecule has 4 rings (SSSR count). The summed E-state index contributed by atoms with van der Waals surface area (Å²) in [5.74, 6) is 0.631. The molecule has 2 aromatic heterocycles. The van der Waals surface area contributed by atoms with E-state index >= 15 is 0 Å². The van der Waals surface area contributed by atoms with Crippen LogP contribution in [0.25, 0.3) is 11.0 Å². The Labute approximate surface area is 131 Å². The van der Waals surface area contributed by atoms with Crippen molar-refractivity contribution in [2.75, 3.05) is 18.7 Å². The third-order valence-electron chi connectivity index (χ3n) is 4.79. The number of aromatic nitrogens is 3. The van der Waals surface area contributed by atoms with Gasteiger partial charge in [-0.2, -0.15) is 5.10 Å². The molecule has 1 aliphatic heterocycles. The number of hydrogen-bond acceptors (Lipinski definition) is 8. The van der Waals surface area contributed by atoms with Gasteiger partial charge in [0.05, 0.1) is 17.5 Å². The molecule has 3 heterocycles. The molecule has 0 bridgehead atoms. The van der Waals surface area contributed by atoms with Crippen molar-refractivity contribution >= 4 is 22.7 Å². The lowest BCUT2D eigenvalue weighted by molar-refractivity contribution is -0.00365. The van der Waals surface area contributed by atoms with Gasteiger partial charge in [-0.15, -0.1) is 0 Å². The molecule has 0 amide bonds. The summed E-state index contributed by atoms with van der Waals surface area (Å²) in [7, 11) is 1.75. The normalized spacial score (nSPS) is 30.1. The lowest BCUT2D eigenvalue weighted by Gasteiger charge is -2.19. The maximum absolute atomic E-state index is 10.4. The fourth-order valence-electron chi connectivity index (χ4n) is 3.58. The fraction of sp³-hybridized carbons (Fsp3) is 0.500. The van der Waals surface area contributed by atoms with Gasteiger partial charge in [0, 0.05) is 31.3 Å². The molecule has 0 radical (unpaired) electrons. The topological polar surface area (TPSA) is 133 Å². The molecule has 1 aliphatic carbocycles. The van der Waals surface area contributed by atoms with Crippen LogP contribution in [-0.4, -0.2) is 61.6 Å². The standard InChI is InChI=1S/C14H18N6O3/c1-19-13-9-7(12(15)18-19)3-20(14(9)17-5-16-13)8-2-6(4-21)10(22)11(8)23/h3,5-6,8,10-11,21-23H,2,4H2,1H3,(H2,15,18)/t6-,8-,10-,11+/m1/s1. The van der Waals surface area contributed by atoms with Gasteiger partial charge >= 0.3 is 0 Å². The van der Waals surface area contributed by atoms with Crippen LogP contribution in [0.5, 0.6) is 0 Å². The first-order valence-electron chi connectivity index (χ1n) is 7.43. The maximum atomic E-state index is 10.4. The van der Waals surface area contributed by atoms with Gasteiger partial charge < -0.3 is 25.6 Å². The highest BCUT2D eigenvalue weighted by atomic mass is 16.3. The second kappa shape index (κ2) is 4.88. The van der Waals surface area contributed by atoms with Gasteiger partial charge in [-0.25, -0.2) is 15.0 Å². The van der Waals surface area contributed by atoms with Crippen LogP contribution in [0.4, 0.5) is 5.82 Å². The maximum Gasteiger partial charge on any atom is 0.162 e. The Morgan fingerprint density at radius 3 is 2.78 bits per heavy atom. The van der Waals surface area contributed by atoms with Crippen LogP contribution in [0, 0.1) is 5.92 Å². The smallest absolute Gasteiger partial charge is 0.162 e. The van der Waals surface area contributed by atoms with Gasteiger partial charge in [0.1, 0.15) is 18.1 Å². The van der Waals surface area contributed by atoms with Gasteiger partial charge in [-0.05, 0) is 6.42 Å². The Morgan fingerprint density at radius 2 is 2.09 bits per heavy atom. The van der Waals surface area contributed by atoms with Crippen LogP contribution in [0.1, 0.15) is 18.0 Å². The van der Waals surface area contributed by atoms with Crippen LogP contribution in [0.15, 0.2) is 17.6 Å². The highest BCUT2D eigenvalue weighted by Gasteiger charge is 2.43. The molecular weight excluding hydrogens is 300 g/mol. The number of amidine groups is 1. The van der Waals surface area contributed by atoms with Crippen molar-refractivity contribution in [1.82, 2.24) is 14.5 Å². The second-order valence-corrected chi connectivity index (χ2v) is 6.08. The van der Waals surface area contributed by atoms with E-state index in [-0.39, 0.29) is 12.5 Å². The van der Waals surface area contributed by atoms with E-state index in [1.165, 1.54) is 6.33 Å². The zero-order chi connectivity index (χ0) is 16.3. The van der Waals surface area contributed by atoms with Crippen LogP contribution < -0.4 is 10.7 Å². The third-order valence-corrected chi connectivity index (χ3v) is 4.79. The lowest BCUT2D eigenvalue weighted by atomic mass is 10.1. The third kappa shape index (κ3) is 1.87. The van der Waals surface area contributed by atoms with E-state index in [2.05, 4.69) is 15.1 Å². The number of nitrogens with zero attached hydrogens (tertiary/aromatic N) is 5. The summed E-state index contributed by atoms with van der Waals surface area (Å²) in [5, 5.41) is 36.4. The highest BCUT2D eigenvalue weighted by Crippen LogP contribution is 2.39. The van der Waals surface area contributed by atoms with Crippen LogP contribution in [-0.2, 0) is 0 Å². The first-order chi connectivity index (χ1) is 11.0. The van der Waals surface area contributed by atoms with Crippen molar-refractivity contribution in [1.29, 1.82) is 0 Å². The van der Waals surface area contributed by atoms with E-state index in [1.807, 2.05) is 0 Å². The molecule has 0 unspecified atom stereocenters.